The maximum Gasteiger partial charge on any atom is 0.512 e. The van der Waals surface area contributed by atoms with Crippen LogP contribution in [0.2, 0.25) is 0 Å². The van der Waals surface area contributed by atoms with E-state index in [4.69, 9.17) is 14.2 Å². The number of hydrogen-bond acceptors (Lipinski definition) is 9. The molecule has 39 heavy (non-hydrogen) atoms. The van der Waals surface area contributed by atoms with Gasteiger partial charge in [0, 0.05) is 21.7 Å². The van der Waals surface area contributed by atoms with Crippen LogP contribution in [0.15, 0.2) is 60.7 Å². The molecule has 10 nitrogen and oxygen atoms in total. The van der Waals surface area contributed by atoms with Gasteiger partial charge in [0.25, 0.3) is 0 Å². The van der Waals surface area contributed by atoms with Crippen molar-refractivity contribution in [1.82, 2.24) is 13.3 Å². The maximum atomic E-state index is 12.0. The van der Waals surface area contributed by atoms with Crippen LogP contribution in [0, 0.1) is 0 Å². The van der Waals surface area contributed by atoms with Gasteiger partial charge in [0.05, 0.1) is 41.2 Å². The van der Waals surface area contributed by atoms with E-state index in [0.717, 1.165) is 48.6 Å². The number of carbonyl (C=O) groups is 2. The van der Waals surface area contributed by atoms with E-state index < -0.39 is 18.7 Å². The summed E-state index contributed by atoms with van der Waals surface area (Å²) in [6.45, 7) is -0.304. The number of methoxy groups -OCH3 is 1. The van der Waals surface area contributed by atoms with Gasteiger partial charge in [0.1, 0.15) is 22.5 Å². The zero-order valence-corrected chi connectivity index (χ0v) is 21.9. The predicted octanol–water partition coefficient (Wildman–Crippen LogP) is 6.10. The molecule has 6 aromatic rings. The lowest BCUT2D eigenvalue weighted by molar-refractivity contribution is -0.139. The largest absolute Gasteiger partial charge is 0.512 e. The topological polar surface area (TPSA) is 133 Å². The van der Waals surface area contributed by atoms with Gasteiger partial charge in [0.15, 0.2) is 6.61 Å². The van der Waals surface area contributed by atoms with Gasteiger partial charge < -0.3 is 29.0 Å². The van der Waals surface area contributed by atoms with Crippen molar-refractivity contribution in [3.05, 3.63) is 66.2 Å². The van der Waals surface area contributed by atoms with Gasteiger partial charge in [-0.15, -0.1) is 11.3 Å². The molecule has 3 aromatic carbocycles. The van der Waals surface area contributed by atoms with Gasteiger partial charge in [-0.1, -0.05) is 24.3 Å². The molecule has 0 aliphatic heterocycles. The number of carboxylic acid groups (broad SMARTS) is 2. The lowest BCUT2D eigenvalue weighted by Crippen LogP contribution is -2.11. The first kappa shape index (κ1) is 24.6. The van der Waals surface area contributed by atoms with Crippen molar-refractivity contribution in [2.24, 2.45) is 0 Å². The van der Waals surface area contributed by atoms with E-state index in [-0.39, 0.29) is 18.2 Å². The van der Waals surface area contributed by atoms with E-state index >= 15 is 0 Å². The summed E-state index contributed by atoms with van der Waals surface area (Å²) in [4.78, 5) is 23.3. The van der Waals surface area contributed by atoms with Crippen LogP contribution in [-0.2, 0) is 11.3 Å². The highest BCUT2D eigenvalue weighted by Crippen LogP contribution is 2.50. The number of benzene rings is 3. The number of thiophene rings is 1. The molecule has 0 saturated heterocycles. The minimum atomic E-state index is -1.48. The van der Waals surface area contributed by atoms with Gasteiger partial charge in [-0.3, -0.25) is 0 Å². The number of nitrogens with zero attached hydrogens (tertiary/aromatic N) is 3. The second-order valence-electron chi connectivity index (χ2n) is 8.54. The lowest BCUT2D eigenvalue weighted by atomic mass is 10.1. The van der Waals surface area contributed by atoms with Crippen molar-refractivity contribution in [3.63, 3.8) is 0 Å². The Morgan fingerprint density at radius 3 is 2.62 bits per heavy atom. The Morgan fingerprint density at radius 2 is 1.82 bits per heavy atom. The zero-order chi connectivity index (χ0) is 27.1. The molecule has 0 saturated carbocycles. The van der Waals surface area contributed by atoms with Crippen molar-refractivity contribution in [2.45, 2.75) is 6.54 Å². The molecule has 0 radical (unpaired) electrons. The SMILES string of the molecule is COc1ccc(-c2c(OC(=O)O)n(Cc3ccc4nsnc4c3)c3c2sc2ccccc23)c(OCC(=O)O)c1. The fraction of sp³-hybridized carbons (Fsp3) is 0.111. The first-order valence-corrected chi connectivity index (χ1v) is 13.2. The Hall–Kier alpha value is -4.68. The third kappa shape index (κ3) is 4.49. The number of aromatic nitrogens is 3. The van der Waals surface area contributed by atoms with Crippen molar-refractivity contribution in [1.29, 1.82) is 0 Å². The number of hydrogen-bond donors (Lipinski definition) is 2. The molecule has 3 heterocycles. The fourth-order valence-electron chi connectivity index (χ4n) is 4.58. The van der Waals surface area contributed by atoms with Crippen LogP contribution in [-0.4, -0.2) is 49.4 Å². The average molecular weight is 562 g/mol. The molecule has 0 aliphatic carbocycles. The highest BCUT2D eigenvalue weighted by molar-refractivity contribution is 7.26. The number of rotatable bonds is 8. The van der Waals surface area contributed by atoms with Crippen LogP contribution in [0.1, 0.15) is 5.56 Å². The summed E-state index contributed by atoms with van der Waals surface area (Å²) in [5, 5.41) is 20.0. The molecule has 0 bridgehead atoms. The maximum absolute atomic E-state index is 12.0. The minimum Gasteiger partial charge on any atom is -0.497 e. The molecule has 196 valence electrons. The number of carboxylic acids is 1. The fourth-order valence-corrected chi connectivity index (χ4v) is 6.36. The minimum absolute atomic E-state index is 0.0938. The number of aliphatic carboxylic acids is 1. The molecule has 6 rings (SSSR count). The van der Waals surface area contributed by atoms with Gasteiger partial charge in [-0.25, -0.2) is 9.59 Å². The summed E-state index contributed by atoms with van der Waals surface area (Å²) in [5.41, 5.74) is 4.15. The average Bonchev–Trinajstić information content (AvgIpc) is 3.61. The van der Waals surface area contributed by atoms with Crippen molar-refractivity contribution in [3.8, 4) is 28.5 Å². The molecular formula is C27H19N3O7S2. The Kier molecular flexibility index (Phi) is 6.25. The van der Waals surface area contributed by atoms with Crippen LogP contribution in [0.25, 0.3) is 42.5 Å². The normalized spacial score (nSPS) is 11.3. The molecular weight excluding hydrogens is 542 g/mol. The monoisotopic (exact) mass is 561 g/mol. The Balaban J connectivity index is 1.64. The first-order chi connectivity index (χ1) is 18.9. The highest BCUT2D eigenvalue weighted by atomic mass is 32.1. The highest BCUT2D eigenvalue weighted by Gasteiger charge is 2.28. The van der Waals surface area contributed by atoms with Gasteiger partial charge in [-0.2, -0.15) is 8.75 Å². The Morgan fingerprint density at radius 1 is 1.00 bits per heavy atom. The van der Waals surface area contributed by atoms with Crippen molar-refractivity contribution in [2.75, 3.05) is 13.7 Å². The van der Waals surface area contributed by atoms with Crippen molar-refractivity contribution < 1.29 is 34.0 Å². The first-order valence-electron chi connectivity index (χ1n) is 11.6. The van der Waals surface area contributed by atoms with E-state index in [1.165, 1.54) is 18.4 Å². The second kappa shape index (κ2) is 9.89. The third-order valence-corrected chi connectivity index (χ3v) is 7.91. The molecule has 0 spiro atoms. The quantitative estimate of drug-likeness (QED) is 0.211. The summed E-state index contributed by atoms with van der Waals surface area (Å²) >= 11 is 2.61. The molecule has 0 aliphatic rings. The summed E-state index contributed by atoms with van der Waals surface area (Å²) in [6, 6.07) is 18.5. The van der Waals surface area contributed by atoms with Crippen LogP contribution in [0.5, 0.6) is 17.4 Å². The standard InChI is InChI=1S/C27H19N3O7S2/c1-35-15-7-8-16(20(11-15)36-13-22(31)32)23-25-24(17-4-2-3-5-21(17)38-25)30(26(23)37-27(33)34)12-14-6-9-18-19(10-14)29-39-28-18/h2-11H,12-13H2,1H3,(H,31,32)(H,33,34). The van der Waals surface area contributed by atoms with Crippen LogP contribution >= 0.6 is 23.1 Å². The molecule has 2 N–H and O–H groups in total. The van der Waals surface area contributed by atoms with E-state index in [1.54, 1.807) is 18.2 Å². The smallest absolute Gasteiger partial charge is 0.497 e. The van der Waals surface area contributed by atoms with E-state index in [2.05, 4.69) is 8.75 Å². The van der Waals surface area contributed by atoms with E-state index in [0.29, 0.717) is 16.9 Å². The third-order valence-electron chi connectivity index (χ3n) is 6.18. The lowest BCUT2D eigenvalue weighted by Gasteiger charge is -2.14. The summed E-state index contributed by atoms with van der Waals surface area (Å²) in [7, 11) is 1.49. The molecule has 3 aromatic heterocycles. The van der Waals surface area contributed by atoms with Gasteiger partial charge >= 0.3 is 12.1 Å². The number of fused-ring (bicyclic) bond motifs is 4. The van der Waals surface area contributed by atoms with Crippen molar-refractivity contribution >= 4 is 66.5 Å². The molecule has 0 amide bonds. The van der Waals surface area contributed by atoms with Crippen LogP contribution in [0.3, 0.4) is 0 Å². The van der Waals surface area contributed by atoms with E-state index in [9.17, 15) is 19.8 Å². The molecule has 0 unspecified atom stereocenters. The summed E-state index contributed by atoms with van der Waals surface area (Å²) < 4.78 is 28.6. The van der Waals surface area contributed by atoms with Gasteiger partial charge in [0.2, 0.25) is 5.88 Å². The molecule has 0 atom stereocenters. The van der Waals surface area contributed by atoms with E-state index in [1.807, 2.05) is 47.0 Å². The summed E-state index contributed by atoms with van der Waals surface area (Å²) in [6.07, 6.45) is -1.48. The second-order valence-corrected chi connectivity index (χ2v) is 10.1. The van der Waals surface area contributed by atoms with Crippen LogP contribution in [0.4, 0.5) is 4.79 Å². The number of ether oxygens (including phenoxy) is 3. The Bertz CT molecular complexity index is 1890. The predicted molar refractivity (Wildman–Crippen MR) is 148 cm³/mol. The molecule has 12 heteroatoms. The Labute approximate surface area is 228 Å². The summed E-state index contributed by atoms with van der Waals surface area (Å²) in [5.74, 6) is -0.380. The van der Waals surface area contributed by atoms with Gasteiger partial charge in [-0.05, 0) is 35.9 Å². The molecule has 0 fully saturated rings. The zero-order valence-electron chi connectivity index (χ0n) is 20.3. The van der Waals surface area contributed by atoms with Crippen LogP contribution < -0.4 is 14.2 Å².